The van der Waals surface area contributed by atoms with Crippen LogP contribution >= 0.6 is 0 Å². The Morgan fingerprint density at radius 3 is 2.12 bits per heavy atom. The molecule has 12 heteroatoms. The normalized spacial score (nSPS) is 14.8. The monoisotopic (exact) mass is 475 g/mol. The second-order valence-corrected chi connectivity index (χ2v) is 8.15. The Balaban J connectivity index is 3.12. The first-order valence-electron chi connectivity index (χ1n) is 10.6. The van der Waals surface area contributed by atoms with Crippen LogP contribution in [0.15, 0.2) is 42.3 Å². The van der Waals surface area contributed by atoms with Gasteiger partial charge in [-0.3, -0.25) is 19.2 Å². The molecule has 0 saturated carbocycles. The van der Waals surface area contributed by atoms with Crippen LogP contribution in [0.3, 0.4) is 0 Å². The second-order valence-electron chi connectivity index (χ2n) is 8.15. The summed E-state index contributed by atoms with van der Waals surface area (Å²) in [6.07, 6.45) is -0.829. The fraction of sp³-hybridized carbons (Fsp3) is 0.455. The lowest BCUT2D eigenvalue weighted by molar-refractivity contribution is -0.133. The Bertz CT molecular complexity index is 941. The van der Waals surface area contributed by atoms with Crippen molar-refractivity contribution in [3.63, 3.8) is 0 Å². The number of nitrogens with one attached hydrogen (secondary N) is 3. The summed E-state index contributed by atoms with van der Waals surface area (Å²) in [5, 5.41) is 35.5. The van der Waals surface area contributed by atoms with E-state index >= 15 is 0 Å². The fourth-order valence-electron chi connectivity index (χ4n) is 3.03. The number of hydrogen-bond acceptors (Lipinski definition) is 7. The van der Waals surface area contributed by atoms with Crippen LogP contribution < -0.4 is 21.7 Å². The number of aliphatic hydroxyl groups excluding tert-OH is 2. The Morgan fingerprint density at radius 1 is 1.03 bits per heavy atom. The second kappa shape index (κ2) is 13.5. The number of amides is 4. The number of aliphatic hydroxyl groups is 2. The maximum absolute atomic E-state index is 13.0. The van der Waals surface area contributed by atoms with Crippen LogP contribution in [-0.4, -0.2) is 58.1 Å². The van der Waals surface area contributed by atoms with E-state index in [1.165, 1.54) is 19.1 Å². The maximum Gasteiger partial charge on any atom is 0.387 e. The Morgan fingerprint density at radius 2 is 1.62 bits per heavy atom. The van der Waals surface area contributed by atoms with Gasteiger partial charge in [0.25, 0.3) is 5.91 Å². The Kier molecular flexibility index (Phi) is 11.2. The average molecular weight is 476 g/mol. The van der Waals surface area contributed by atoms with Gasteiger partial charge in [0, 0.05) is 12.0 Å². The van der Waals surface area contributed by atoms with E-state index in [-0.39, 0.29) is 17.9 Å². The van der Waals surface area contributed by atoms with Gasteiger partial charge in [-0.05, 0) is 31.4 Å². The van der Waals surface area contributed by atoms with E-state index in [2.05, 4.69) is 20.9 Å². The molecular formula is C22H31N6O6+. The number of hydrogen-bond donors (Lipinski definition) is 6. The quantitative estimate of drug-likeness (QED) is 0.184. The molecule has 0 bridgehead atoms. The van der Waals surface area contributed by atoms with Gasteiger partial charge in [0.1, 0.15) is 18.1 Å². The van der Waals surface area contributed by atoms with Crippen molar-refractivity contribution in [2.75, 3.05) is 0 Å². The molecule has 184 valence electrons. The molecule has 0 unspecified atom stereocenters. The molecule has 1 aromatic rings. The summed E-state index contributed by atoms with van der Waals surface area (Å²) in [5.74, 6) is -3.69. The maximum atomic E-state index is 13.0. The molecule has 4 atom stereocenters. The van der Waals surface area contributed by atoms with Crippen molar-refractivity contribution in [3.05, 3.63) is 52.8 Å². The lowest BCUT2D eigenvalue weighted by atomic mass is 10.0. The number of nitrogens with zero attached hydrogens (tertiary/aromatic N) is 2. The summed E-state index contributed by atoms with van der Waals surface area (Å²) in [4.78, 5) is 52.6. The van der Waals surface area contributed by atoms with E-state index in [9.17, 15) is 29.4 Å². The number of benzene rings is 1. The standard InChI is InChI=1S/C22H30N6O6/c1-12(2)9-16(22(34)28-18(13(3)29)19(23)31)27-21(33)17(10-15(30)11-25-24)26-20(32)14-7-5-4-6-8-14/h4-8,11-13,16-18,29H,9-10H2,1-3H3,(H5-,23,26,27,28,30,31,32,33,34)/p+1/b15-11+/t13-,16+,17+,18+/m1/s1. The van der Waals surface area contributed by atoms with E-state index in [0.29, 0.717) is 6.20 Å². The molecular weight excluding hydrogens is 444 g/mol. The van der Waals surface area contributed by atoms with Crippen LogP contribution in [0, 0.1) is 11.3 Å². The highest BCUT2D eigenvalue weighted by Gasteiger charge is 2.31. The summed E-state index contributed by atoms with van der Waals surface area (Å²) in [5.41, 5.74) is 5.48. The highest BCUT2D eigenvalue weighted by Crippen LogP contribution is 2.10. The molecule has 12 nitrogen and oxygen atoms in total. The smallest absolute Gasteiger partial charge is 0.387 e. The third-order valence-electron chi connectivity index (χ3n) is 4.70. The molecule has 0 aliphatic carbocycles. The number of carbonyl (C=O) groups is 4. The van der Waals surface area contributed by atoms with Gasteiger partial charge in [-0.2, -0.15) is 0 Å². The first kappa shape index (κ1) is 28.1. The lowest BCUT2D eigenvalue weighted by Crippen LogP contribution is -2.58. The molecule has 34 heavy (non-hydrogen) atoms. The molecule has 0 fully saturated rings. The molecule has 0 aromatic heterocycles. The van der Waals surface area contributed by atoms with E-state index in [0.717, 1.165) is 0 Å². The zero-order valence-electron chi connectivity index (χ0n) is 19.3. The molecule has 0 radical (unpaired) electrons. The molecule has 4 amide bonds. The third kappa shape index (κ3) is 9.25. The summed E-state index contributed by atoms with van der Waals surface area (Å²) in [6, 6.07) is 4.18. The van der Waals surface area contributed by atoms with Crippen LogP contribution in [0.1, 0.15) is 44.0 Å². The zero-order valence-corrected chi connectivity index (χ0v) is 19.3. The highest BCUT2D eigenvalue weighted by atomic mass is 16.3. The van der Waals surface area contributed by atoms with Crippen molar-refractivity contribution in [2.24, 2.45) is 11.7 Å². The van der Waals surface area contributed by atoms with Gasteiger partial charge in [-0.1, -0.05) is 32.0 Å². The van der Waals surface area contributed by atoms with Crippen LogP contribution in [0.2, 0.25) is 0 Å². The van der Waals surface area contributed by atoms with E-state index in [1.807, 2.05) is 0 Å². The first-order valence-corrected chi connectivity index (χ1v) is 10.6. The minimum atomic E-state index is -1.37. The minimum absolute atomic E-state index is 0.0616. The van der Waals surface area contributed by atoms with Crippen LogP contribution in [0.25, 0.3) is 4.98 Å². The van der Waals surface area contributed by atoms with Crippen molar-refractivity contribution in [2.45, 2.75) is 57.8 Å². The fourth-order valence-corrected chi connectivity index (χ4v) is 3.03. The minimum Gasteiger partial charge on any atom is -0.505 e. The highest BCUT2D eigenvalue weighted by molar-refractivity contribution is 5.98. The topological polar surface area (TPSA) is 199 Å². The number of carbonyl (C=O) groups excluding carboxylic acids is 4. The summed E-state index contributed by atoms with van der Waals surface area (Å²) < 4.78 is 0. The van der Waals surface area contributed by atoms with Gasteiger partial charge in [0.2, 0.25) is 23.1 Å². The van der Waals surface area contributed by atoms with Crippen molar-refractivity contribution < 1.29 is 29.4 Å². The molecule has 7 N–H and O–H groups in total. The van der Waals surface area contributed by atoms with Gasteiger partial charge in [-0.15, -0.1) is 0 Å². The molecule has 0 spiro atoms. The van der Waals surface area contributed by atoms with Crippen molar-refractivity contribution in [3.8, 4) is 0 Å². The van der Waals surface area contributed by atoms with Crippen molar-refractivity contribution >= 4 is 23.6 Å². The summed E-state index contributed by atoms with van der Waals surface area (Å²) in [7, 11) is 0. The molecule has 0 heterocycles. The first-order chi connectivity index (χ1) is 16.0. The van der Waals surface area contributed by atoms with Gasteiger partial charge in [0.15, 0.2) is 10.7 Å². The summed E-state index contributed by atoms with van der Waals surface area (Å²) >= 11 is 0. The van der Waals surface area contributed by atoms with Gasteiger partial charge < -0.3 is 31.9 Å². The third-order valence-corrected chi connectivity index (χ3v) is 4.70. The van der Waals surface area contributed by atoms with E-state index in [1.54, 1.807) is 32.0 Å². The van der Waals surface area contributed by atoms with Crippen molar-refractivity contribution in [1.29, 1.82) is 5.39 Å². The molecule has 1 rings (SSSR count). The van der Waals surface area contributed by atoms with Gasteiger partial charge >= 0.3 is 6.20 Å². The number of nitrogens with two attached hydrogens (primary N) is 1. The largest absolute Gasteiger partial charge is 0.505 e. The van der Waals surface area contributed by atoms with E-state index < -0.39 is 60.0 Å². The molecule has 1 aromatic carbocycles. The molecule has 0 aliphatic rings. The zero-order chi connectivity index (χ0) is 25.8. The van der Waals surface area contributed by atoms with E-state index in [4.69, 9.17) is 11.1 Å². The molecule has 0 saturated heterocycles. The van der Waals surface area contributed by atoms with Crippen LogP contribution in [0.4, 0.5) is 0 Å². The predicted octanol–water partition coefficient (Wildman–Crippen LogP) is 0.309. The van der Waals surface area contributed by atoms with Gasteiger partial charge in [0.05, 0.1) is 6.10 Å². The summed E-state index contributed by atoms with van der Waals surface area (Å²) in [6.45, 7) is 4.89. The number of diazo groups is 1. The number of primary amides is 1. The SMILES string of the molecule is CC(C)C[C@H](NC(=O)[C@H](C/C(O)=C\[N+]#N)NC(=O)c1ccccc1)C(=O)N[C@H](C(N)=O)[C@@H](C)O. The number of rotatable bonds is 12. The molecule has 0 aliphatic heterocycles. The average Bonchev–Trinajstić information content (AvgIpc) is 2.76. The lowest BCUT2D eigenvalue weighted by Gasteiger charge is -2.26. The van der Waals surface area contributed by atoms with Crippen LogP contribution in [0.5, 0.6) is 0 Å². The Labute approximate surface area is 197 Å². The predicted molar refractivity (Wildman–Crippen MR) is 122 cm³/mol. The van der Waals surface area contributed by atoms with Crippen molar-refractivity contribution in [1.82, 2.24) is 16.0 Å². The van der Waals surface area contributed by atoms with Gasteiger partial charge in [-0.25, -0.2) is 0 Å². The van der Waals surface area contributed by atoms with Crippen LogP contribution in [-0.2, 0) is 14.4 Å². The Hall–Kier alpha value is -3.98.